The highest BCUT2D eigenvalue weighted by atomic mass is 32.2. The molecule has 0 aliphatic rings. The Labute approximate surface area is 150 Å². The molecule has 8 heteroatoms. The highest BCUT2D eigenvalue weighted by molar-refractivity contribution is 7.92. The largest absolute Gasteiger partial charge is 0.280 e. The minimum absolute atomic E-state index is 0.326. The van der Waals surface area contributed by atoms with Crippen molar-refractivity contribution >= 4 is 15.7 Å². The van der Waals surface area contributed by atoms with Crippen molar-refractivity contribution in [1.82, 2.24) is 9.78 Å². The zero-order valence-electron chi connectivity index (χ0n) is 14.2. The highest BCUT2D eigenvalue weighted by Gasteiger charge is 2.16. The fourth-order valence-corrected chi connectivity index (χ4v) is 3.61. The molecule has 26 heavy (non-hydrogen) atoms. The molecule has 3 rings (SSSR count). The van der Waals surface area contributed by atoms with Gasteiger partial charge in [-0.1, -0.05) is 12.1 Å². The molecule has 1 heterocycles. The van der Waals surface area contributed by atoms with Crippen LogP contribution < -0.4 is 4.72 Å². The van der Waals surface area contributed by atoms with Crippen LogP contribution in [0.1, 0.15) is 17.0 Å². The minimum atomic E-state index is -4.00. The van der Waals surface area contributed by atoms with E-state index in [-0.39, 0.29) is 4.90 Å². The molecule has 0 radical (unpaired) electrons. The summed E-state index contributed by atoms with van der Waals surface area (Å²) in [7, 11) is -4.00. The summed E-state index contributed by atoms with van der Waals surface area (Å²) in [6, 6.07) is 11.2. The van der Waals surface area contributed by atoms with Gasteiger partial charge in [0.2, 0.25) is 0 Å². The lowest BCUT2D eigenvalue weighted by Crippen LogP contribution is -2.13. The first-order valence-corrected chi connectivity index (χ1v) is 9.31. The molecule has 5 nitrogen and oxygen atoms in total. The second kappa shape index (κ2) is 6.87. The number of anilines is 1. The third kappa shape index (κ3) is 3.91. The summed E-state index contributed by atoms with van der Waals surface area (Å²) in [5.74, 6) is -2.31. The van der Waals surface area contributed by atoms with Gasteiger partial charge in [-0.15, -0.1) is 0 Å². The van der Waals surface area contributed by atoms with Crippen LogP contribution in [0.3, 0.4) is 0 Å². The second-order valence-electron chi connectivity index (χ2n) is 5.96. The topological polar surface area (TPSA) is 64.0 Å². The van der Waals surface area contributed by atoms with Crippen LogP contribution in [0.5, 0.6) is 0 Å². The number of halogens is 2. The predicted octanol–water partition coefficient (Wildman–Crippen LogP) is 3.63. The predicted molar refractivity (Wildman–Crippen MR) is 94.4 cm³/mol. The Morgan fingerprint density at radius 1 is 1.00 bits per heavy atom. The zero-order valence-corrected chi connectivity index (χ0v) is 15.0. The molecule has 0 aliphatic heterocycles. The number of nitrogens with zero attached hydrogens (tertiary/aromatic N) is 2. The molecule has 0 atom stereocenters. The number of aromatic nitrogens is 2. The molecule has 0 amide bonds. The van der Waals surface area contributed by atoms with Crippen molar-refractivity contribution in [3.8, 4) is 0 Å². The molecule has 0 unspecified atom stereocenters. The summed E-state index contributed by atoms with van der Waals surface area (Å²) < 4.78 is 55.0. The van der Waals surface area contributed by atoms with Gasteiger partial charge in [-0.05, 0) is 55.8 Å². The van der Waals surface area contributed by atoms with Crippen molar-refractivity contribution in [2.45, 2.75) is 25.3 Å². The standard InChI is InChI=1S/C18H17F2N3O2S/c1-12-9-13(2)23(21-12)11-14-3-5-15(6-4-14)22-26(24,25)16-7-8-17(19)18(20)10-16/h3-10,22H,11H2,1-2H3. The monoisotopic (exact) mass is 377 g/mol. The van der Waals surface area contributed by atoms with Crippen LogP contribution in [0.25, 0.3) is 0 Å². The molecule has 1 N–H and O–H groups in total. The van der Waals surface area contributed by atoms with E-state index in [2.05, 4.69) is 9.82 Å². The van der Waals surface area contributed by atoms with Crippen molar-refractivity contribution in [3.63, 3.8) is 0 Å². The van der Waals surface area contributed by atoms with Gasteiger partial charge in [0, 0.05) is 11.4 Å². The molecule has 136 valence electrons. The molecule has 0 spiro atoms. The first-order chi connectivity index (χ1) is 12.2. The van der Waals surface area contributed by atoms with Crippen molar-refractivity contribution in [2.24, 2.45) is 0 Å². The average Bonchev–Trinajstić information content (AvgIpc) is 2.89. The lowest BCUT2D eigenvalue weighted by Gasteiger charge is -2.10. The van der Waals surface area contributed by atoms with Crippen molar-refractivity contribution < 1.29 is 17.2 Å². The highest BCUT2D eigenvalue weighted by Crippen LogP contribution is 2.19. The van der Waals surface area contributed by atoms with Gasteiger partial charge in [-0.3, -0.25) is 9.40 Å². The van der Waals surface area contributed by atoms with Gasteiger partial charge in [-0.2, -0.15) is 5.10 Å². The molecule has 0 bridgehead atoms. The summed E-state index contributed by atoms with van der Waals surface area (Å²) in [4.78, 5) is -0.344. The number of nitrogens with one attached hydrogen (secondary N) is 1. The third-order valence-corrected chi connectivity index (χ3v) is 5.22. The van der Waals surface area contributed by atoms with Gasteiger partial charge in [0.1, 0.15) is 0 Å². The summed E-state index contributed by atoms with van der Waals surface area (Å²) in [6.45, 7) is 4.44. The fraction of sp³-hybridized carbons (Fsp3) is 0.167. The van der Waals surface area contributed by atoms with Crippen LogP contribution in [0.2, 0.25) is 0 Å². The smallest absolute Gasteiger partial charge is 0.261 e. The first kappa shape index (κ1) is 18.1. The molecule has 0 fully saturated rings. The van der Waals surface area contributed by atoms with E-state index in [1.807, 2.05) is 24.6 Å². The van der Waals surface area contributed by atoms with E-state index in [1.165, 1.54) is 0 Å². The maximum Gasteiger partial charge on any atom is 0.261 e. The van der Waals surface area contributed by atoms with Crippen LogP contribution in [0, 0.1) is 25.5 Å². The van der Waals surface area contributed by atoms with E-state index in [4.69, 9.17) is 0 Å². The number of sulfonamides is 1. The quantitative estimate of drug-likeness (QED) is 0.739. The Morgan fingerprint density at radius 3 is 2.27 bits per heavy atom. The molecule has 3 aromatic rings. The summed E-state index contributed by atoms with van der Waals surface area (Å²) >= 11 is 0. The summed E-state index contributed by atoms with van der Waals surface area (Å²) in [6.07, 6.45) is 0. The maximum atomic E-state index is 13.3. The van der Waals surface area contributed by atoms with Gasteiger partial charge in [0.25, 0.3) is 10.0 Å². The number of aryl methyl sites for hydroxylation is 2. The fourth-order valence-electron chi connectivity index (χ4n) is 2.54. The van der Waals surface area contributed by atoms with E-state index in [0.29, 0.717) is 18.3 Å². The Hall–Kier alpha value is -2.74. The van der Waals surface area contributed by atoms with E-state index in [1.54, 1.807) is 24.3 Å². The Bertz CT molecular complexity index is 1040. The van der Waals surface area contributed by atoms with Gasteiger partial charge < -0.3 is 0 Å². The molecule has 1 aromatic heterocycles. The van der Waals surface area contributed by atoms with Crippen molar-refractivity contribution in [3.05, 3.63) is 77.1 Å². The number of benzene rings is 2. The van der Waals surface area contributed by atoms with Gasteiger partial charge in [-0.25, -0.2) is 17.2 Å². The zero-order chi connectivity index (χ0) is 18.9. The number of hydrogen-bond acceptors (Lipinski definition) is 3. The lowest BCUT2D eigenvalue weighted by atomic mass is 10.2. The average molecular weight is 377 g/mol. The first-order valence-electron chi connectivity index (χ1n) is 7.82. The van der Waals surface area contributed by atoms with Gasteiger partial charge in [0.05, 0.1) is 17.1 Å². The van der Waals surface area contributed by atoms with E-state index < -0.39 is 21.7 Å². The second-order valence-corrected chi connectivity index (χ2v) is 7.65. The lowest BCUT2D eigenvalue weighted by molar-refractivity contribution is 0.504. The van der Waals surface area contributed by atoms with Crippen LogP contribution in [0.15, 0.2) is 53.4 Å². The van der Waals surface area contributed by atoms with E-state index >= 15 is 0 Å². The molecule has 0 aliphatic carbocycles. The number of rotatable bonds is 5. The molecular weight excluding hydrogens is 360 g/mol. The maximum absolute atomic E-state index is 13.3. The Morgan fingerprint density at radius 2 is 1.69 bits per heavy atom. The molecular formula is C18H17F2N3O2S. The number of hydrogen-bond donors (Lipinski definition) is 1. The third-order valence-electron chi connectivity index (χ3n) is 3.84. The van der Waals surface area contributed by atoms with Gasteiger partial charge in [0.15, 0.2) is 11.6 Å². The van der Waals surface area contributed by atoms with Crippen LogP contribution in [0.4, 0.5) is 14.5 Å². The summed E-state index contributed by atoms with van der Waals surface area (Å²) in [5, 5.41) is 4.38. The summed E-state index contributed by atoms with van der Waals surface area (Å²) in [5.41, 5.74) is 3.24. The molecule has 2 aromatic carbocycles. The van der Waals surface area contributed by atoms with Crippen molar-refractivity contribution in [2.75, 3.05) is 4.72 Å². The minimum Gasteiger partial charge on any atom is -0.280 e. The molecule has 0 saturated heterocycles. The van der Waals surface area contributed by atoms with E-state index in [9.17, 15) is 17.2 Å². The van der Waals surface area contributed by atoms with Gasteiger partial charge >= 0.3 is 0 Å². The normalized spacial score (nSPS) is 11.5. The van der Waals surface area contributed by atoms with Crippen LogP contribution >= 0.6 is 0 Å². The molecule has 0 saturated carbocycles. The Balaban J connectivity index is 1.76. The van der Waals surface area contributed by atoms with Crippen molar-refractivity contribution in [1.29, 1.82) is 0 Å². The van der Waals surface area contributed by atoms with Crippen LogP contribution in [-0.2, 0) is 16.6 Å². The Kier molecular flexibility index (Phi) is 4.78. The SMILES string of the molecule is Cc1cc(C)n(Cc2ccc(NS(=O)(=O)c3ccc(F)c(F)c3)cc2)n1. The van der Waals surface area contributed by atoms with E-state index in [0.717, 1.165) is 29.1 Å². The van der Waals surface area contributed by atoms with Crippen LogP contribution in [-0.4, -0.2) is 18.2 Å².